The number of rotatable bonds is 9. The Morgan fingerprint density at radius 3 is 2.45 bits per heavy atom. The van der Waals surface area contributed by atoms with E-state index < -0.39 is 0 Å². The van der Waals surface area contributed by atoms with E-state index in [2.05, 4.69) is 22.5 Å². The molecule has 0 aromatic carbocycles. The number of hydrogen-bond donors (Lipinski definition) is 2. The number of nitrogens with one attached hydrogen (secondary N) is 2. The van der Waals surface area contributed by atoms with Gasteiger partial charge in [0.2, 0.25) is 0 Å². The number of unbranched alkanes of at least 4 members (excludes halogenated alkanes) is 3. The molecule has 0 atom stereocenters. The van der Waals surface area contributed by atoms with Crippen molar-refractivity contribution in [1.29, 1.82) is 0 Å². The van der Waals surface area contributed by atoms with Gasteiger partial charge in [-0.1, -0.05) is 12.8 Å². The molecule has 0 aromatic heterocycles. The van der Waals surface area contributed by atoms with Gasteiger partial charge in [0, 0.05) is 25.6 Å². The Bertz CT molecular complexity index is 357. The second-order valence-corrected chi connectivity index (χ2v) is 6.93. The van der Waals surface area contributed by atoms with Crippen molar-refractivity contribution in [3.8, 4) is 0 Å². The summed E-state index contributed by atoms with van der Waals surface area (Å²) in [5.41, 5.74) is -0.372. The molecule has 1 rings (SSSR count). The molecule has 1 fully saturated rings. The van der Waals surface area contributed by atoms with E-state index in [1.54, 1.807) is 0 Å². The van der Waals surface area contributed by atoms with Gasteiger partial charge in [0.15, 0.2) is 5.96 Å². The van der Waals surface area contributed by atoms with Gasteiger partial charge < -0.3 is 15.4 Å². The monoisotopic (exact) mass is 311 g/mol. The van der Waals surface area contributed by atoms with Crippen LogP contribution in [0.2, 0.25) is 0 Å². The summed E-state index contributed by atoms with van der Waals surface area (Å²) in [5, 5.41) is 6.68. The topological polar surface area (TPSA) is 62.7 Å². The summed E-state index contributed by atoms with van der Waals surface area (Å²) in [7, 11) is 0. The van der Waals surface area contributed by atoms with Crippen molar-refractivity contribution in [3.05, 3.63) is 0 Å². The fraction of sp³-hybridized carbons (Fsp3) is 0.882. The minimum absolute atomic E-state index is 0.0893. The molecule has 1 aliphatic rings. The van der Waals surface area contributed by atoms with Gasteiger partial charge in [-0.2, -0.15) is 0 Å². The lowest BCUT2D eigenvalue weighted by Gasteiger charge is -2.19. The van der Waals surface area contributed by atoms with Gasteiger partial charge in [-0.15, -0.1) is 0 Å². The van der Waals surface area contributed by atoms with E-state index in [1.807, 2.05) is 20.8 Å². The van der Waals surface area contributed by atoms with Crippen molar-refractivity contribution < 1.29 is 9.53 Å². The van der Waals surface area contributed by atoms with E-state index in [4.69, 9.17) is 4.74 Å². The largest absolute Gasteiger partial charge is 0.460 e. The van der Waals surface area contributed by atoms with E-state index in [0.29, 0.717) is 12.5 Å². The first-order valence-corrected chi connectivity index (χ1v) is 8.67. The third kappa shape index (κ3) is 10.5. The summed E-state index contributed by atoms with van der Waals surface area (Å²) in [6.07, 6.45) is 7.17. The highest BCUT2D eigenvalue weighted by Crippen LogP contribution is 2.18. The number of carbonyl (C=O) groups excluding carboxylic acids is 1. The summed E-state index contributed by atoms with van der Waals surface area (Å²) in [4.78, 5) is 16.1. The quantitative estimate of drug-likeness (QED) is 0.297. The van der Waals surface area contributed by atoms with E-state index in [1.165, 1.54) is 12.8 Å². The third-order valence-electron chi connectivity index (χ3n) is 3.24. The molecule has 128 valence electrons. The predicted octanol–water partition coefficient (Wildman–Crippen LogP) is 3.00. The summed E-state index contributed by atoms with van der Waals surface area (Å²) >= 11 is 0. The molecule has 0 aromatic rings. The van der Waals surface area contributed by atoms with Crippen LogP contribution in [0.3, 0.4) is 0 Å². The van der Waals surface area contributed by atoms with Crippen LogP contribution in [0.25, 0.3) is 0 Å². The SMILES string of the molecule is CCNC(=NCCCCCCC(=O)OC(C)(C)C)NC1CC1. The zero-order valence-corrected chi connectivity index (χ0v) is 14.7. The third-order valence-corrected chi connectivity index (χ3v) is 3.24. The fourth-order valence-corrected chi connectivity index (χ4v) is 2.06. The molecule has 0 aliphatic heterocycles. The van der Waals surface area contributed by atoms with Gasteiger partial charge in [-0.25, -0.2) is 0 Å². The van der Waals surface area contributed by atoms with Crippen LogP contribution in [0.4, 0.5) is 0 Å². The number of hydrogen-bond acceptors (Lipinski definition) is 3. The Balaban J connectivity index is 2.03. The van der Waals surface area contributed by atoms with Gasteiger partial charge in [0.25, 0.3) is 0 Å². The smallest absolute Gasteiger partial charge is 0.306 e. The second kappa shape index (κ2) is 9.70. The molecule has 0 bridgehead atoms. The molecule has 0 amide bonds. The van der Waals surface area contributed by atoms with Crippen LogP contribution < -0.4 is 10.6 Å². The lowest BCUT2D eigenvalue weighted by atomic mass is 10.1. The number of aliphatic imine (C=N–C) groups is 1. The van der Waals surface area contributed by atoms with Crippen LogP contribution >= 0.6 is 0 Å². The fourth-order valence-electron chi connectivity index (χ4n) is 2.06. The summed E-state index contributed by atoms with van der Waals surface area (Å²) < 4.78 is 5.29. The highest BCUT2D eigenvalue weighted by molar-refractivity contribution is 5.80. The molecule has 1 saturated carbocycles. The van der Waals surface area contributed by atoms with Gasteiger partial charge in [0.1, 0.15) is 5.60 Å². The minimum Gasteiger partial charge on any atom is -0.460 e. The summed E-state index contributed by atoms with van der Waals surface area (Å²) in [5.74, 6) is 0.854. The molecule has 0 saturated heterocycles. The lowest BCUT2D eigenvalue weighted by Crippen LogP contribution is -2.38. The van der Waals surface area contributed by atoms with Crippen LogP contribution in [0.5, 0.6) is 0 Å². The maximum absolute atomic E-state index is 11.6. The summed E-state index contributed by atoms with van der Waals surface area (Å²) in [6.45, 7) is 9.53. The molecule has 0 unspecified atom stereocenters. The Morgan fingerprint density at radius 2 is 1.86 bits per heavy atom. The first-order chi connectivity index (χ1) is 10.4. The second-order valence-electron chi connectivity index (χ2n) is 6.93. The molecular formula is C17H33N3O2. The van der Waals surface area contributed by atoms with E-state index >= 15 is 0 Å². The van der Waals surface area contributed by atoms with Crippen molar-refractivity contribution in [2.45, 2.75) is 84.3 Å². The highest BCUT2D eigenvalue weighted by Gasteiger charge is 2.21. The highest BCUT2D eigenvalue weighted by atomic mass is 16.6. The van der Waals surface area contributed by atoms with Crippen LogP contribution in [0.1, 0.15) is 72.6 Å². The molecule has 5 heteroatoms. The van der Waals surface area contributed by atoms with Crippen molar-refractivity contribution in [3.63, 3.8) is 0 Å². The normalized spacial score (nSPS) is 15.5. The molecule has 5 nitrogen and oxygen atoms in total. The standard InChI is InChI=1S/C17H33N3O2/c1-5-18-16(20-14-11-12-14)19-13-9-7-6-8-10-15(21)22-17(2,3)4/h14H,5-13H2,1-4H3,(H2,18,19,20). The Labute approximate surface area is 135 Å². The van der Waals surface area contributed by atoms with Crippen molar-refractivity contribution in [2.75, 3.05) is 13.1 Å². The van der Waals surface area contributed by atoms with Gasteiger partial charge in [0.05, 0.1) is 0 Å². The number of esters is 1. The number of nitrogens with zero attached hydrogens (tertiary/aromatic N) is 1. The zero-order valence-electron chi connectivity index (χ0n) is 14.7. The van der Waals surface area contributed by atoms with Crippen molar-refractivity contribution >= 4 is 11.9 Å². The predicted molar refractivity (Wildman–Crippen MR) is 91.1 cm³/mol. The molecule has 0 radical (unpaired) electrons. The van der Waals surface area contributed by atoms with Crippen LogP contribution in [0, 0.1) is 0 Å². The average Bonchev–Trinajstić information content (AvgIpc) is 3.19. The zero-order chi connectivity index (χ0) is 16.4. The molecule has 0 spiro atoms. The molecule has 0 heterocycles. The van der Waals surface area contributed by atoms with Gasteiger partial charge in [-0.3, -0.25) is 9.79 Å². The lowest BCUT2D eigenvalue weighted by molar-refractivity contribution is -0.154. The Kier molecular flexibility index (Phi) is 8.28. The van der Waals surface area contributed by atoms with Crippen molar-refractivity contribution in [2.24, 2.45) is 4.99 Å². The van der Waals surface area contributed by atoms with E-state index in [9.17, 15) is 4.79 Å². The maximum Gasteiger partial charge on any atom is 0.306 e. The first-order valence-electron chi connectivity index (χ1n) is 8.67. The summed E-state index contributed by atoms with van der Waals surface area (Å²) in [6, 6.07) is 0.631. The Hall–Kier alpha value is -1.26. The molecule has 2 N–H and O–H groups in total. The Morgan fingerprint density at radius 1 is 1.18 bits per heavy atom. The number of ether oxygens (including phenoxy) is 1. The maximum atomic E-state index is 11.6. The van der Waals surface area contributed by atoms with Crippen LogP contribution in [-0.2, 0) is 9.53 Å². The average molecular weight is 311 g/mol. The molecule has 22 heavy (non-hydrogen) atoms. The number of guanidine groups is 1. The van der Waals surface area contributed by atoms with E-state index in [0.717, 1.165) is 44.7 Å². The minimum atomic E-state index is -0.372. The van der Waals surface area contributed by atoms with Crippen LogP contribution in [0.15, 0.2) is 4.99 Å². The molecule has 1 aliphatic carbocycles. The van der Waals surface area contributed by atoms with Crippen molar-refractivity contribution in [1.82, 2.24) is 10.6 Å². The van der Waals surface area contributed by atoms with Gasteiger partial charge >= 0.3 is 5.97 Å². The van der Waals surface area contributed by atoms with Crippen LogP contribution in [-0.4, -0.2) is 36.7 Å². The first kappa shape index (κ1) is 18.8. The van der Waals surface area contributed by atoms with E-state index in [-0.39, 0.29) is 11.6 Å². The molecular weight excluding hydrogens is 278 g/mol. The van der Waals surface area contributed by atoms with Gasteiger partial charge in [-0.05, 0) is 53.4 Å². The number of carbonyl (C=O) groups is 1.